The number of amides is 1. The van der Waals surface area contributed by atoms with Gasteiger partial charge in [-0.05, 0) is 49.1 Å². The molecule has 0 radical (unpaired) electrons. The zero-order valence-electron chi connectivity index (χ0n) is 14.1. The van der Waals surface area contributed by atoms with Crippen LogP contribution in [0.25, 0.3) is 10.4 Å². The maximum absolute atomic E-state index is 12.4. The van der Waals surface area contributed by atoms with Gasteiger partial charge in [0, 0.05) is 15.1 Å². The van der Waals surface area contributed by atoms with Crippen molar-refractivity contribution in [3.63, 3.8) is 0 Å². The largest absolute Gasteiger partial charge is 0.441 e. The Labute approximate surface area is 169 Å². The van der Waals surface area contributed by atoms with E-state index in [4.69, 9.17) is 16.3 Å². The molecule has 0 bridgehead atoms. The lowest BCUT2D eigenvalue weighted by Gasteiger charge is -2.15. The number of nitrogens with zero attached hydrogens (tertiary/aromatic N) is 1. The molecular weight excluding hydrogens is 436 g/mol. The summed E-state index contributed by atoms with van der Waals surface area (Å²) < 4.78 is 10.8. The van der Waals surface area contributed by atoms with Gasteiger partial charge < -0.3 is 4.74 Å². The number of aromatic nitrogens is 1. The summed E-state index contributed by atoms with van der Waals surface area (Å²) in [5, 5.41) is 3.39. The fourth-order valence-corrected chi connectivity index (χ4v) is 3.88. The van der Waals surface area contributed by atoms with Gasteiger partial charge >= 0.3 is 6.09 Å². The molecule has 3 rings (SSSR count). The fraction of sp³-hybridized carbons (Fsp3) is 0.158. The molecule has 1 heterocycles. The highest BCUT2D eigenvalue weighted by molar-refractivity contribution is 9.10. The Morgan fingerprint density at radius 3 is 2.62 bits per heavy atom. The first-order chi connectivity index (χ1) is 12.5. The highest BCUT2D eigenvalue weighted by Gasteiger charge is 2.19. The number of hydrogen-bond donors (Lipinski definition) is 1. The lowest BCUT2D eigenvalue weighted by Crippen LogP contribution is -2.16. The molecular formula is C19H16BrClN2O2S. The van der Waals surface area contributed by atoms with Crippen LogP contribution in [-0.4, -0.2) is 10.5 Å². The maximum atomic E-state index is 12.4. The highest BCUT2D eigenvalue weighted by atomic mass is 79.9. The van der Waals surface area contributed by atoms with Crippen LogP contribution >= 0.6 is 39.1 Å². The second-order valence-corrected chi connectivity index (χ2v) is 7.77. The van der Waals surface area contributed by atoms with Crippen LogP contribution in [0.3, 0.4) is 0 Å². The third-order valence-corrected chi connectivity index (χ3v) is 5.68. The summed E-state index contributed by atoms with van der Waals surface area (Å²) in [6.07, 6.45) is -1.01. The monoisotopic (exact) mass is 450 g/mol. The van der Waals surface area contributed by atoms with Crippen LogP contribution in [0.4, 0.5) is 10.5 Å². The quantitative estimate of drug-likeness (QED) is 0.472. The van der Waals surface area contributed by atoms with Gasteiger partial charge in [0.2, 0.25) is 0 Å². The van der Waals surface area contributed by atoms with Gasteiger partial charge in [-0.25, -0.2) is 4.79 Å². The molecule has 26 heavy (non-hydrogen) atoms. The zero-order chi connectivity index (χ0) is 18.7. The van der Waals surface area contributed by atoms with Gasteiger partial charge in [-0.1, -0.05) is 57.9 Å². The Kier molecular flexibility index (Phi) is 5.96. The fourth-order valence-electron chi connectivity index (χ4n) is 2.48. The van der Waals surface area contributed by atoms with Gasteiger partial charge in [-0.3, -0.25) is 5.32 Å². The van der Waals surface area contributed by atoms with Crippen LogP contribution in [0.1, 0.15) is 24.3 Å². The number of aryl methyl sites for hydroxylation is 1. The first kappa shape index (κ1) is 18.9. The predicted molar refractivity (Wildman–Crippen MR) is 110 cm³/mol. The number of rotatable bonds is 4. The van der Waals surface area contributed by atoms with Crippen molar-refractivity contribution in [1.82, 2.24) is 4.37 Å². The Morgan fingerprint density at radius 2 is 1.92 bits per heavy atom. The molecule has 1 N–H and O–H groups in total. The third-order valence-electron chi connectivity index (χ3n) is 3.82. The zero-order valence-corrected chi connectivity index (χ0v) is 17.3. The minimum atomic E-state index is -0.543. The molecule has 4 nitrogen and oxygen atoms in total. The van der Waals surface area contributed by atoms with E-state index in [1.165, 1.54) is 11.5 Å². The number of halogens is 2. The first-order valence-corrected chi connectivity index (χ1v) is 9.84. The molecule has 134 valence electrons. The van der Waals surface area contributed by atoms with E-state index in [1.54, 1.807) is 13.0 Å². The van der Waals surface area contributed by atoms with Gasteiger partial charge in [0.15, 0.2) is 0 Å². The number of hydrogen-bond acceptors (Lipinski definition) is 4. The lowest BCUT2D eigenvalue weighted by atomic mass is 10.1. The minimum Gasteiger partial charge on any atom is -0.441 e. The van der Waals surface area contributed by atoms with Gasteiger partial charge in [0.05, 0.1) is 16.3 Å². The normalized spacial score (nSPS) is 11.8. The summed E-state index contributed by atoms with van der Waals surface area (Å²) in [5.41, 5.74) is 3.15. The number of carbonyl (C=O) groups excluding carboxylic acids is 1. The van der Waals surface area contributed by atoms with E-state index in [0.717, 1.165) is 26.2 Å². The molecule has 0 fully saturated rings. The van der Waals surface area contributed by atoms with Crippen molar-refractivity contribution in [2.45, 2.75) is 20.0 Å². The number of nitrogens with one attached hydrogen (secondary N) is 1. The topological polar surface area (TPSA) is 51.2 Å². The van der Waals surface area contributed by atoms with E-state index < -0.39 is 12.2 Å². The smallest absolute Gasteiger partial charge is 0.412 e. The van der Waals surface area contributed by atoms with Gasteiger partial charge in [0.1, 0.15) is 6.10 Å². The first-order valence-electron chi connectivity index (χ1n) is 7.90. The molecule has 1 aromatic heterocycles. The molecule has 1 amide bonds. The van der Waals surface area contributed by atoms with Crippen molar-refractivity contribution >= 4 is 50.8 Å². The second-order valence-electron chi connectivity index (χ2n) is 5.67. The second kappa shape index (κ2) is 8.20. The average molecular weight is 452 g/mol. The van der Waals surface area contributed by atoms with Crippen LogP contribution in [0.2, 0.25) is 5.02 Å². The molecule has 1 unspecified atom stereocenters. The Balaban J connectivity index is 1.77. The van der Waals surface area contributed by atoms with Crippen molar-refractivity contribution in [3.05, 3.63) is 69.3 Å². The third kappa shape index (κ3) is 4.26. The van der Waals surface area contributed by atoms with Crippen LogP contribution in [0.5, 0.6) is 0 Å². The van der Waals surface area contributed by atoms with E-state index in [2.05, 4.69) is 25.6 Å². The number of carbonyl (C=O) groups is 1. The summed E-state index contributed by atoms with van der Waals surface area (Å²) in [6.45, 7) is 3.64. The van der Waals surface area contributed by atoms with Crippen LogP contribution in [-0.2, 0) is 4.74 Å². The molecule has 3 aromatic rings. The molecule has 0 aliphatic heterocycles. The lowest BCUT2D eigenvalue weighted by molar-refractivity contribution is 0.121. The van der Waals surface area contributed by atoms with Crippen molar-refractivity contribution in [1.29, 1.82) is 0 Å². The Hall–Kier alpha value is -1.89. The molecule has 0 aliphatic carbocycles. The summed E-state index contributed by atoms with van der Waals surface area (Å²) in [5.74, 6) is 0. The van der Waals surface area contributed by atoms with Crippen molar-refractivity contribution in [2.75, 3.05) is 5.32 Å². The SMILES string of the molecule is Cc1nsc(-c2ccc(Br)cc2)c1NC(=O)OC(C)c1ccccc1Cl. The van der Waals surface area contributed by atoms with Crippen molar-refractivity contribution in [2.24, 2.45) is 0 Å². The van der Waals surface area contributed by atoms with Crippen LogP contribution in [0, 0.1) is 6.92 Å². The average Bonchev–Trinajstić information content (AvgIpc) is 2.96. The molecule has 0 saturated heterocycles. The summed E-state index contributed by atoms with van der Waals surface area (Å²) in [7, 11) is 0. The number of anilines is 1. The maximum Gasteiger partial charge on any atom is 0.412 e. The van der Waals surface area contributed by atoms with E-state index in [-0.39, 0.29) is 0 Å². The van der Waals surface area contributed by atoms with Gasteiger partial charge in [-0.2, -0.15) is 4.37 Å². The van der Waals surface area contributed by atoms with E-state index in [0.29, 0.717) is 10.7 Å². The number of benzene rings is 2. The van der Waals surface area contributed by atoms with Crippen LogP contribution < -0.4 is 5.32 Å². The molecule has 0 saturated carbocycles. The van der Waals surface area contributed by atoms with Crippen molar-refractivity contribution < 1.29 is 9.53 Å². The Morgan fingerprint density at radius 1 is 1.23 bits per heavy atom. The molecule has 0 aliphatic rings. The summed E-state index contributed by atoms with van der Waals surface area (Å²) in [6, 6.07) is 15.1. The molecule has 0 spiro atoms. The van der Waals surface area contributed by atoms with E-state index in [1.807, 2.05) is 49.4 Å². The summed E-state index contributed by atoms with van der Waals surface area (Å²) in [4.78, 5) is 13.3. The molecule has 1 atom stereocenters. The van der Waals surface area contributed by atoms with Crippen molar-refractivity contribution in [3.8, 4) is 10.4 Å². The highest BCUT2D eigenvalue weighted by Crippen LogP contribution is 2.35. The van der Waals surface area contributed by atoms with Crippen LogP contribution in [0.15, 0.2) is 53.0 Å². The number of ether oxygens (including phenoxy) is 1. The van der Waals surface area contributed by atoms with Gasteiger partial charge in [0.25, 0.3) is 0 Å². The summed E-state index contributed by atoms with van der Waals surface area (Å²) >= 11 is 10.9. The predicted octanol–water partition coefficient (Wildman–Crippen LogP) is 6.84. The van der Waals surface area contributed by atoms with E-state index >= 15 is 0 Å². The minimum absolute atomic E-state index is 0.466. The molecule has 2 aromatic carbocycles. The Bertz CT molecular complexity index is 928. The molecule has 7 heteroatoms. The van der Waals surface area contributed by atoms with Gasteiger partial charge in [-0.15, -0.1) is 0 Å². The standard InChI is InChI=1S/C19H16BrClN2O2S/c1-11-17(18(26-23-11)13-7-9-14(20)10-8-13)22-19(24)25-12(2)15-5-3-4-6-16(15)21/h3-10,12H,1-2H3,(H,22,24). The van der Waals surface area contributed by atoms with E-state index in [9.17, 15) is 4.79 Å².